The van der Waals surface area contributed by atoms with Crippen LogP contribution in [0.25, 0.3) is 0 Å². The lowest BCUT2D eigenvalue weighted by Gasteiger charge is -2.16. The molecule has 6 heteroatoms. The number of hydrazone groups is 1. The van der Waals surface area contributed by atoms with Gasteiger partial charge in [-0.2, -0.15) is 5.10 Å². The van der Waals surface area contributed by atoms with Gasteiger partial charge in [0.15, 0.2) is 0 Å². The summed E-state index contributed by atoms with van der Waals surface area (Å²) in [5.41, 5.74) is 5.63. The first kappa shape index (κ1) is 21.7. The van der Waals surface area contributed by atoms with E-state index in [2.05, 4.69) is 38.4 Å². The van der Waals surface area contributed by atoms with Crippen molar-refractivity contribution < 1.29 is 9.59 Å². The second kappa shape index (κ2) is 10.7. The molecule has 152 valence electrons. The van der Waals surface area contributed by atoms with Gasteiger partial charge in [-0.25, -0.2) is 5.43 Å². The summed E-state index contributed by atoms with van der Waals surface area (Å²) in [7, 11) is 0. The Morgan fingerprint density at radius 2 is 1.40 bits per heavy atom. The molecule has 5 nitrogen and oxygen atoms in total. The third-order valence-electron chi connectivity index (χ3n) is 4.43. The van der Waals surface area contributed by atoms with E-state index in [1.54, 1.807) is 6.92 Å². The number of rotatable bonds is 7. The molecule has 0 spiro atoms. The highest BCUT2D eigenvalue weighted by Crippen LogP contribution is 2.24. The van der Waals surface area contributed by atoms with E-state index < -0.39 is 5.92 Å². The van der Waals surface area contributed by atoms with Crippen LogP contribution in [0.5, 0.6) is 0 Å². The Bertz CT molecular complexity index is 980. The fourth-order valence-electron chi connectivity index (χ4n) is 3.01. The van der Waals surface area contributed by atoms with Crippen LogP contribution in [0.2, 0.25) is 0 Å². The fraction of sp³-hybridized carbons (Fsp3) is 0.125. The highest BCUT2D eigenvalue weighted by molar-refractivity contribution is 14.1. The summed E-state index contributed by atoms with van der Waals surface area (Å²) in [4.78, 5) is 25.2. The van der Waals surface area contributed by atoms with Gasteiger partial charge in [0.05, 0.1) is 12.3 Å². The van der Waals surface area contributed by atoms with Crippen molar-refractivity contribution in [2.75, 3.05) is 5.32 Å². The van der Waals surface area contributed by atoms with E-state index in [9.17, 15) is 9.59 Å². The normalized spacial score (nSPS) is 11.2. The number of anilines is 1. The molecule has 0 saturated heterocycles. The maximum atomic E-state index is 12.9. The van der Waals surface area contributed by atoms with Crippen LogP contribution in [-0.4, -0.2) is 17.5 Å². The van der Waals surface area contributed by atoms with E-state index >= 15 is 0 Å². The Balaban J connectivity index is 1.65. The summed E-state index contributed by atoms with van der Waals surface area (Å²) in [6.07, 6.45) is 0.0909. The number of hydrogen-bond donors (Lipinski definition) is 2. The predicted molar refractivity (Wildman–Crippen MR) is 128 cm³/mol. The van der Waals surface area contributed by atoms with Crippen molar-refractivity contribution in [3.05, 3.63) is 99.6 Å². The van der Waals surface area contributed by atoms with Crippen molar-refractivity contribution >= 4 is 45.8 Å². The maximum Gasteiger partial charge on any atom is 0.252 e. The van der Waals surface area contributed by atoms with Gasteiger partial charge in [-0.3, -0.25) is 9.59 Å². The number of benzene rings is 3. The predicted octanol–water partition coefficient (Wildman–Crippen LogP) is 4.94. The first-order valence-electron chi connectivity index (χ1n) is 9.51. The molecule has 30 heavy (non-hydrogen) atoms. The van der Waals surface area contributed by atoms with Crippen molar-refractivity contribution in [3.8, 4) is 0 Å². The monoisotopic (exact) mass is 511 g/mol. The zero-order chi connectivity index (χ0) is 21.3. The van der Waals surface area contributed by atoms with Gasteiger partial charge in [0, 0.05) is 15.0 Å². The van der Waals surface area contributed by atoms with E-state index in [1.165, 1.54) is 0 Å². The second-order valence-corrected chi connectivity index (χ2v) is 8.05. The van der Waals surface area contributed by atoms with Crippen molar-refractivity contribution in [1.82, 2.24) is 5.43 Å². The Kier molecular flexibility index (Phi) is 7.73. The van der Waals surface area contributed by atoms with Gasteiger partial charge in [0.25, 0.3) is 5.91 Å². The topological polar surface area (TPSA) is 70.6 Å². The molecular weight excluding hydrogens is 489 g/mol. The molecule has 0 atom stereocenters. The number of halogens is 1. The summed E-state index contributed by atoms with van der Waals surface area (Å²) in [5, 5.41) is 6.97. The molecular formula is C24H22IN3O2. The minimum atomic E-state index is -0.482. The summed E-state index contributed by atoms with van der Waals surface area (Å²) < 4.78 is 1.09. The van der Waals surface area contributed by atoms with Crippen LogP contribution in [0.3, 0.4) is 0 Å². The fourth-order valence-corrected chi connectivity index (χ4v) is 3.37. The van der Waals surface area contributed by atoms with Gasteiger partial charge in [-0.1, -0.05) is 60.7 Å². The summed E-state index contributed by atoms with van der Waals surface area (Å²) >= 11 is 2.21. The largest absolute Gasteiger partial charge is 0.326 e. The standard InChI is InChI=1S/C24H22IN3O2/c1-17(16-22(29)26-21-14-12-20(25)13-15-21)27-28-24(30)23(18-8-4-2-5-9-18)19-10-6-3-7-11-19/h2-15,23H,16H2,1H3,(H,26,29)(H,28,30)/b27-17-. The number of carbonyl (C=O) groups is 2. The lowest BCUT2D eigenvalue weighted by atomic mass is 9.91. The molecule has 2 amide bonds. The molecule has 3 aromatic carbocycles. The molecule has 2 N–H and O–H groups in total. The van der Waals surface area contributed by atoms with E-state index in [0.717, 1.165) is 20.4 Å². The maximum absolute atomic E-state index is 12.9. The Hall–Kier alpha value is -3.00. The second-order valence-electron chi connectivity index (χ2n) is 6.81. The Morgan fingerprint density at radius 1 is 0.867 bits per heavy atom. The smallest absolute Gasteiger partial charge is 0.252 e. The number of nitrogens with zero attached hydrogens (tertiary/aromatic N) is 1. The minimum Gasteiger partial charge on any atom is -0.326 e. The summed E-state index contributed by atoms with van der Waals surface area (Å²) in [6.45, 7) is 1.72. The van der Waals surface area contributed by atoms with Crippen LogP contribution < -0.4 is 10.7 Å². The van der Waals surface area contributed by atoms with Crippen LogP contribution in [0.15, 0.2) is 90.0 Å². The molecule has 0 aromatic heterocycles. The average Bonchev–Trinajstić information content (AvgIpc) is 2.75. The third kappa shape index (κ3) is 6.25. The lowest BCUT2D eigenvalue weighted by molar-refractivity contribution is -0.121. The third-order valence-corrected chi connectivity index (χ3v) is 5.15. The van der Waals surface area contributed by atoms with Gasteiger partial charge in [0.2, 0.25) is 5.91 Å². The van der Waals surface area contributed by atoms with Crippen LogP contribution in [0, 0.1) is 3.57 Å². The van der Waals surface area contributed by atoms with Crippen molar-refractivity contribution in [2.45, 2.75) is 19.3 Å². The van der Waals surface area contributed by atoms with Crippen molar-refractivity contribution in [3.63, 3.8) is 0 Å². The average molecular weight is 511 g/mol. The SMILES string of the molecule is C/C(CC(=O)Nc1ccc(I)cc1)=N/NC(=O)C(c1ccccc1)c1ccccc1. The van der Waals surface area contributed by atoms with Gasteiger partial charge in [0.1, 0.15) is 0 Å². The molecule has 0 radical (unpaired) electrons. The number of hydrogen-bond acceptors (Lipinski definition) is 3. The van der Waals surface area contributed by atoms with Gasteiger partial charge in [-0.05, 0) is 64.9 Å². The molecule has 3 aromatic rings. The minimum absolute atomic E-state index is 0.0909. The first-order chi connectivity index (χ1) is 14.5. The molecule has 0 bridgehead atoms. The number of carbonyl (C=O) groups excluding carboxylic acids is 2. The van der Waals surface area contributed by atoms with E-state index in [4.69, 9.17) is 0 Å². The summed E-state index contributed by atoms with van der Waals surface area (Å²) in [5.74, 6) is -0.913. The van der Waals surface area contributed by atoms with Gasteiger partial charge < -0.3 is 5.32 Å². The Labute approximate surface area is 189 Å². The first-order valence-corrected chi connectivity index (χ1v) is 10.6. The zero-order valence-corrected chi connectivity index (χ0v) is 18.7. The molecule has 0 aliphatic heterocycles. The molecule has 0 aliphatic carbocycles. The van der Waals surface area contributed by atoms with Crippen molar-refractivity contribution in [1.29, 1.82) is 0 Å². The molecule has 0 unspecified atom stereocenters. The highest BCUT2D eigenvalue weighted by Gasteiger charge is 2.22. The highest BCUT2D eigenvalue weighted by atomic mass is 127. The number of amides is 2. The van der Waals surface area contributed by atoms with Gasteiger partial charge in [-0.15, -0.1) is 0 Å². The van der Waals surface area contributed by atoms with E-state index in [0.29, 0.717) is 5.71 Å². The Morgan fingerprint density at radius 3 is 1.93 bits per heavy atom. The number of nitrogens with one attached hydrogen (secondary N) is 2. The molecule has 0 saturated carbocycles. The van der Waals surface area contributed by atoms with E-state index in [1.807, 2.05) is 84.9 Å². The quantitative estimate of drug-likeness (QED) is 0.268. The molecule has 0 heterocycles. The summed E-state index contributed by atoms with van der Waals surface area (Å²) in [6, 6.07) is 26.7. The lowest BCUT2D eigenvalue weighted by Crippen LogP contribution is -2.27. The van der Waals surface area contributed by atoms with Crippen LogP contribution in [-0.2, 0) is 9.59 Å². The van der Waals surface area contributed by atoms with Crippen molar-refractivity contribution in [2.24, 2.45) is 5.10 Å². The molecule has 0 fully saturated rings. The van der Waals surface area contributed by atoms with Crippen LogP contribution in [0.4, 0.5) is 5.69 Å². The molecule has 0 aliphatic rings. The van der Waals surface area contributed by atoms with Crippen LogP contribution >= 0.6 is 22.6 Å². The zero-order valence-electron chi connectivity index (χ0n) is 16.5. The molecule has 3 rings (SSSR count). The van der Waals surface area contributed by atoms with E-state index in [-0.39, 0.29) is 18.2 Å². The van der Waals surface area contributed by atoms with Crippen LogP contribution in [0.1, 0.15) is 30.4 Å². The van der Waals surface area contributed by atoms with Gasteiger partial charge >= 0.3 is 0 Å².